The van der Waals surface area contributed by atoms with Crippen molar-refractivity contribution in [1.82, 2.24) is 15.2 Å². The summed E-state index contributed by atoms with van der Waals surface area (Å²) in [5.41, 5.74) is 6.30. The van der Waals surface area contributed by atoms with E-state index in [0.29, 0.717) is 18.9 Å². The van der Waals surface area contributed by atoms with Crippen molar-refractivity contribution in [3.05, 3.63) is 23.9 Å². The number of halogens is 1. The summed E-state index contributed by atoms with van der Waals surface area (Å²) < 4.78 is 0. The number of anilines is 1. The van der Waals surface area contributed by atoms with E-state index < -0.39 is 0 Å². The van der Waals surface area contributed by atoms with Gasteiger partial charge in [-0.2, -0.15) is 0 Å². The average Bonchev–Trinajstić information content (AvgIpc) is 2.58. The van der Waals surface area contributed by atoms with Crippen LogP contribution in [0.2, 0.25) is 0 Å². The summed E-state index contributed by atoms with van der Waals surface area (Å²) in [6, 6.07) is 5.98. The third-order valence-electron chi connectivity index (χ3n) is 4.28. The van der Waals surface area contributed by atoms with Crippen LogP contribution < -0.4 is 16.0 Å². The zero-order chi connectivity index (χ0) is 18.2. The Bertz CT molecular complexity index is 607. The van der Waals surface area contributed by atoms with E-state index in [2.05, 4.69) is 22.1 Å². The van der Waals surface area contributed by atoms with Gasteiger partial charge in [0.05, 0.1) is 12.2 Å². The number of rotatable bonds is 6. The first-order chi connectivity index (χ1) is 12.0. The molecule has 2 heterocycles. The monoisotopic (exact) mass is 474 g/mol. The summed E-state index contributed by atoms with van der Waals surface area (Å²) in [5.74, 6) is 1.90. The van der Waals surface area contributed by atoms with Crippen molar-refractivity contribution < 1.29 is 4.79 Å². The van der Waals surface area contributed by atoms with Crippen LogP contribution in [0, 0.1) is 5.92 Å². The summed E-state index contributed by atoms with van der Waals surface area (Å²) in [7, 11) is 3.96. The lowest BCUT2D eigenvalue weighted by Gasteiger charge is -2.34. The molecule has 146 valence electrons. The first kappa shape index (κ1) is 22.5. The molecule has 0 bridgehead atoms. The Morgan fingerprint density at radius 3 is 2.88 bits per heavy atom. The van der Waals surface area contributed by atoms with Crippen LogP contribution in [0.15, 0.2) is 23.2 Å². The highest BCUT2D eigenvalue weighted by Gasteiger charge is 2.23. The van der Waals surface area contributed by atoms with Crippen LogP contribution in [-0.4, -0.2) is 55.5 Å². The lowest BCUT2D eigenvalue weighted by molar-refractivity contribution is -0.119. The van der Waals surface area contributed by atoms with Gasteiger partial charge in [-0.1, -0.05) is 6.07 Å². The van der Waals surface area contributed by atoms with Gasteiger partial charge >= 0.3 is 0 Å². The second-order valence-electron chi connectivity index (χ2n) is 6.68. The number of aliphatic imine (C=N–C) groups is 1. The standard InChI is InChI=1S/C18H30N6O.HI/c1-4-20-18(24-10-6-7-14(13-24)11-16(19)25)21-12-15-8-5-9-17(22-15)23(2)3;/h5,8-9,14H,4,6-7,10-13H2,1-3H3,(H2,19,25)(H,20,21);1H. The van der Waals surface area contributed by atoms with Crippen LogP contribution in [0.1, 0.15) is 31.9 Å². The molecule has 7 nitrogen and oxygen atoms in total. The van der Waals surface area contributed by atoms with Crippen molar-refractivity contribution in [2.75, 3.05) is 38.6 Å². The molecule has 1 amide bonds. The predicted octanol–water partition coefficient (Wildman–Crippen LogP) is 1.82. The van der Waals surface area contributed by atoms with Gasteiger partial charge in [0.2, 0.25) is 5.91 Å². The lowest BCUT2D eigenvalue weighted by atomic mass is 9.95. The number of nitrogens with two attached hydrogens (primary N) is 1. The minimum absolute atomic E-state index is 0. The number of piperidine rings is 1. The highest BCUT2D eigenvalue weighted by atomic mass is 127. The van der Waals surface area contributed by atoms with Crippen LogP contribution in [0.25, 0.3) is 0 Å². The van der Waals surface area contributed by atoms with Gasteiger partial charge in [0.15, 0.2) is 5.96 Å². The van der Waals surface area contributed by atoms with E-state index in [0.717, 1.165) is 49.9 Å². The van der Waals surface area contributed by atoms with E-state index in [1.165, 1.54) is 0 Å². The van der Waals surface area contributed by atoms with E-state index in [4.69, 9.17) is 10.7 Å². The number of guanidine groups is 1. The molecular formula is C18H31IN6O. The highest BCUT2D eigenvalue weighted by Crippen LogP contribution is 2.19. The molecule has 3 N–H and O–H groups in total. The smallest absolute Gasteiger partial charge is 0.217 e. The summed E-state index contributed by atoms with van der Waals surface area (Å²) in [6.45, 7) is 5.17. The molecule has 1 aliphatic heterocycles. The number of carbonyl (C=O) groups is 1. The van der Waals surface area contributed by atoms with Crippen LogP contribution in [0.5, 0.6) is 0 Å². The van der Waals surface area contributed by atoms with Crippen molar-refractivity contribution in [3.63, 3.8) is 0 Å². The molecular weight excluding hydrogens is 443 g/mol. The molecule has 26 heavy (non-hydrogen) atoms. The summed E-state index contributed by atoms with van der Waals surface area (Å²) >= 11 is 0. The third-order valence-corrected chi connectivity index (χ3v) is 4.28. The van der Waals surface area contributed by atoms with Gasteiger partial charge in [-0.3, -0.25) is 4.79 Å². The van der Waals surface area contributed by atoms with Crippen LogP contribution in [0.3, 0.4) is 0 Å². The number of hydrogen-bond donors (Lipinski definition) is 2. The van der Waals surface area contributed by atoms with Gasteiger partial charge in [0.1, 0.15) is 5.82 Å². The third kappa shape index (κ3) is 6.97. The van der Waals surface area contributed by atoms with Gasteiger partial charge < -0.3 is 20.9 Å². The summed E-state index contributed by atoms with van der Waals surface area (Å²) in [5, 5.41) is 3.36. The molecule has 1 atom stereocenters. The van der Waals surface area contributed by atoms with Crippen molar-refractivity contribution in [3.8, 4) is 0 Å². The Balaban J connectivity index is 0.00000338. The number of likely N-dealkylation sites (tertiary alicyclic amines) is 1. The van der Waals surface area contributed by atoms with E-state index in [1.807, 2.05) is 37.2 Å². The van der Waals surface area contributed by atoms with Crippen molar-refractivity contribution in [2.24, 2.45) is 16.6 Å². The fraction of sp³-hybridized carbons (Fsp3) is 0.611. The molecule has 0 aromatic carbocycles. The Morgan fingerprint density at radius 2 is 2.23 bits per heavy atom. The van der Waals surface area contributed by atoms with Gasteiger partial charge in [-0.25, -0.2) is 9.98 Å². The summed E-state index contributed by atoms with van der Waals surface area (Å²) in [6.07, 6.45) is 2.55. The normalized spacial score (nSPS) is 17.4. The fourth-order valence-corrected chi connectivity index (χ4v) is 3.09. The zero-order valence-electron chi connectivity index (χ0n) is 15.9. The lowest BCUT2D eigenvalue weighted by Crippen LogP contribution is -2.47. The molecule has 0 aliphatic carbocycles. The molecule has 1 unspecified atom stereocenters. The number of primary amides is 1. The predicted molar refractivity (Wildman–Crippen MR) is 117 cm³/mol. The van der Waals surface area contributed by atoms with E-state index in [9.17, 15) is 4.79 Å². The molecule has 1 aromatic rings. The number of nitrogens with one attached hydrogen (secondary N) is 1. The highest BCUT2D eigenvalue weighted by molar-refractivity contribution is 14.0. The van der Waals surface area contributed by atoms with Crippen molar-refractivity contribution in [1.29, 1.82) is 0 Å². The fourth-order valence-electron chi connectivity index (χ4n) is 3.09. The first-order valence-corrected chi connectivity index (χ1v) is 8.94. The van der Waals surface area contributed by atoms with Crippen molar-refractivity contribution in [2.45, 2.75) is 32.7 Å². The van der Waals surface area contributed by atoms with Gasteiger partial charge in [0.25, 0.3) is 0 Å². The topological polar surface area (TPSA) is 86.8 Å². The number of nitrogens with zero attached hydrogens (tertiary/aromatic N) is 4. The minimum Gasteiger partial charge on any atom is -0.370 e. The number of amides is 1. The zero-order valence-corrected chi connectivity index (χ0v) is 18.3. The molecule has 1 aliphatic rings. The molecule has 0 radical (unpaired) electrons. The average molecular weight is 474 g/mol. The van der Waals surface area contributed by atoms with Gasteiger partial charge in [0, 0.05) is 40.2 Å². The van der Waals surface area contributed by atoms with E-state index >= 15 is 0 Å². The molecule has 1 saturated heterocycles. The Morgan fingerprint density at radius 1 is 1.46 bits per heavy atom. The number of carbonyl (C=O) groups excluding carboxylic acids is 1. The number of aromatic nitrogens is 1. The van der Waals surface area contributed by atoms with Gasteiger partial charge in [-0.15, -0.1) is 24.0 Å². The molecule has 0 saturated carbocycles. The molecule has 2 rings (SSSR count). The Labute approximate surface area is 173 Å². The number of pyridine rings is 1. The molecule has 1 fully saturated rings. The SMILES string of the molecule is CCNC(=NCc1cccc(N(C)C)n1)N1CCCC(CC(N)=O)C1.I. The first-order valence-electron chi connectivity index (χ1n) is 8.94. The summed E-state index contributed by atoms with van der Waals surface area (Å²) in [4.78, 5) is 24.8. The second kappa shape index (κ2) is 11.2. The molecule has 0 spiro atoms. The van der Waals surface area contributed by atoms with E-state index in [-0.39, 0.29) is 29.9 Å². The van der Waals surface area contributed by atoms with E-state index in [1.54, 1.807) is 0 Å². The largest absolute Gasteiger partial charge is 0.370 e. The van der Waals surface area contributed by atoms with Crippen molar-refractivity contribution >= 4 is 41.7 Å². The quantitative estimate of drug-likeness (QED) is 0.373. The maximum atomic E-state index is 11.2. The van der Waals surface area contributed by atoms with Crippen LogP contribution in [0.4, 0.5) is 5.82 Å². The number of hydrogen-bond acceptors (Lipinski definition) is 4. The second-order valence-corrected chi connectivity index (χ2v) is 6.68. The Hall–Kier alpha value is -1.58. The maximum Gasteiger partial charge on any atom is 0.217 e. The minimum atomic E-state index is -0.224. The maximum absolute atomic E-state index is 11.2. The van der Waals surface area contributed by atoms with Crippen LogP contribution in [-0.2, 0) is 11.3 Å². The molecule has 8 heteroatoms. The van der Waals surface area contributed by atoms with Crippen LogP contribution >= 0.6 is 24.0 Å². The van der Waals surface area contributed by atoms with Gasteiger partial charge in [-0.05, 0) is 37.8 Å². The Kier molecular flexibility index (Phi) is 9.68. The molecule has 1 aromatic heterocycles.